The van der Waals surface area contributed by atoms with Gasteiger partial charge in [-0.25, -0.2) is 0 Å². The highest BCUT2D eigenvalue weighted by Gasteiger charge is 2.51. The Morgan fingerprint density at radius 1 is 0.204 bits per heavy atom. The van der Waals surface area contributed by atoms with E-state index in [2.05, 4.69) is 4.98 Å². The first-order chi connectivity index (χ1) is 74.8. The zero-order valence-corrected chi connectivity index (χ0v) is 163. The summed E-state index contributed by atoms with van der Waals surface area (Å²) in [4.78, 5) is 4.53. The molecule has 123 heteroatoms. The van der Waals surface area contributed by atoms with Gasteiger partial charge in [-0.1, -0.05) is 54.5 Å². The van der Waals surface area contributed by atoms with Crippen molar-refractivity contribution in [1.29, 1.82) is 0 Å². The summed E-state index contributed by atoms with van der Waals surface area (Å²) in [6.07, 6.45) is 1.57. The molecule has 0 bridgehead atoms. The summed E-state index contributed by atoms with van der Waals surface area (Å²) in [6.45, 7) is 9.92. The van der Waals surface area contributed by atoms with Gasteiger partial charge < -0.3 is 9.31 Å². The smallest absolute Gasteiger partial charge is 0.399 e. The first-order valence-corrected chi connectivity index (χ1v) is 186. The second-order valence-electron chi connectivity index (χ2n) is 16.1. The van der Waals surface area contributed by atoms with Gasteiger partial charge in [0.25, 0.3) is 0 Å². The monoisotopic (exact) mass is 4180 g/mol. The van der Waals surface area contributed by atoms with Crippen molar-refractivity contribution >= 4 is 1070 Å². The van der Waals surface area contributed by atoms with E-state index in [-0.39, 0.29) is 29.7 Å². The average Bonchev–Trinajstić information content (AvgIpc) is 1.39. The van der Waals surface area contributed by atoms with E-state index < -0.39 is 24.4 Å². The summed E-state index contributed by atoms with van der Waals surface area (Å²) in [5, 5.41) is 0. The fourth-order valence-corrected chi connectivity index (χ4v) is 320. The molecule has 1 aromatic heterocycles. The van der Waals surface area contributed by atoms with E-state index in [1.165, 1.54) is 17.8 Å². The van der Waals surface area contributed by atoms with Crippen molar-refractivity contribution in [2.24, 2.45) is 0 Å². The molecule has 1 saturated heterocycles. The van der Waals surface area contributed by atoms with Crippen LogP contribution < -0.4 is 5.46 Å². The molecule has 147 heavy (non-hydrogen) atoms. The number of aryl methyl sites for hydroxylation is 1. The van der Waals surface area contributed by atoms with Crippen LogP contribution in [0.2, 0.25) is 0 Å². The van der Waals surface area contributed by atoms with Gasteiger partial charge in [-0.3, -0.25) is 4.98 Å². The van der Waals surface area contributed by atoms with E-state index in [0.29, 0.717) is 5.56 Å². The maximum atomic E-state index is 8.22. The lowest BCUT2D eigenvalue weighted by Gasteiger charge is -2.32. The highest BCUT2D eigenvalue weighted by Crippen LogP contribution is 2.36. The van der Waals surface area contributed by atoms with Crippen molar-refractivity contribution in [3.05, 3.63) is 72.3 Å². The fraction of sp³-hybridized carbons (Fsp3) is 0.292. The van der Waals surface area contributed by atoms with Crippen LogP contribution in [0.5, 0.6) is 0 Å². The normalized spacial score (nSPS) is 10.2. The van der Waals surface area contributed by atoms with Gasteiger partial charge in [-0.05, 0) is 57.3 Å². The predicted molar refractivity (Wildman–Crippen MR) is 992 cm³/mol. The van der Waals surface area contributed by atoms with Crippen LogP contribution in [-0.2, 0) is 1070 Å². The topological polar surface area (TPSA) is 31.4 Å². The molecule has 4 rings (SSSR count). The molecule has 1 aliphatic rings. The summed E-state index contributed by atoms with van der Waals surface area (Å²) in [5.74, 6) is 0. The minimum Gasteiger partial charge on any atom is -0.399 e. The number of pyridine rings is 1. The first kappa shape index (κ1) is 156. The SMILES string of the molecule is S=S=S=S=S=S=S=S=S=S=S=S=S=S=S=S=S=S=S=S=S=S=S=S=S=S=S=S=S=S=S=S=S=S=S=S=S=S=S=S=S=S=S=S=S=S=S=S=S=S=S=S=S=S=S=S=S=S=S=S=S=S=S=S=S=S=S=S=S=S=S=S=S=S=S=S=S=S=S=S=S=S=S=S=S=S=S=S=S=S=S=S=S=S=S=S=S=S=S=S=S=S=S=S=S=S=S=S=S=S=S=S=S=S=S=S=S=S=S.[2H]c1c([2H])c([2H])c(-c2cnc(-c3ccc(B4OC(C)(C)C(C)(C)O4)cc3)cc2C)c([2H])c1[2H]. The molecular formula is C24H26BNO2S119. The van der Waals surface area contributed by atoms with Crippen LogP contribution in [0.1, 0.15) is 40.1 Å². The Morgan fingerprint density at radius 2 is 0.340 bits per heavy atom. The lowest BCUT2D eigenvalue weighted by atomic mass is 9.78. The second-order valence-corrected chi connectivity index (χ2v) is 223. The zero-order chi connectivity index (χ0) is 109. The highest BCUT2D eigenvalue weighted by molar-refractivity contribution is 8.89. The summed E-state index contributed by atoms with van der Waals surface area (Å²) < 4.78 is 52.3. The van der Waals surface area contributed by atoms with Gasteiger partial charge in [0.2, 0.25) is 0 Å². The van der Waals surface area contributed by atoms with E-state index in [9.17, 15) is 0 Å². The van der Waals surface area contributed by atoms with Crippen LogP contribution in [0.3, 0.4) is 0 Å². The van der Waals surface area contributed by atoms with Crippen LogP contribution >= 0.6 is 0 Å². The van der Waals surface area contributed by atoms with Gasteiger partial charge in [0.15, 0.2) is 0 Å². The molecule has 0 radical (unpaired) electrons. The molecule has 2 aromatic carbocycles. The standard InChI is InChI=1S/C24H26BNO2.S119/c1-17-15-22(26-16-21(17)18-9-7-6-8-10-18)19-11-13-20(14-12-19)25-27-23(2,3)24(4,5)28-25;1-3-5-7-9-11-13-15-17-19-21-23-25-27-29-31-33-35-37-39-41-43-45-47-49-51-53-55-57-59-61-63-65-67-69-71-73-75-77-79-81-83-85-87-89-91-93-95-97-99-101-103-105-107-109-111-113-115-117-119-118-116-114-112-110-108-106-104-102-100-98-96-94-92-90-88-86-84-82-80-78-76-74-72-70-68-66-64-62-60-58-56-54-52-50-48-46-44-42-40-38-36-34-32-30-28-26-24-22-20-18-16-14-12-10-8-6-4-2/h6-16H,1-5H3;/i6D,7D,8D,9D,10D;. The summed E-state index contributed by atoms with van der Waals surface area (Å²) in [5.41, 5.74) is 3.18. The summed E-state index contributed by atoms with van der Waals surface area (Å²) in [6, 6.07) is 8.10. The molecule has 2 heterocycles. The molecule has 1 aliphatic heterocycles. The fourth-order valence-electron chi connectivity index (χ4n) is 4.45. The largest absolute Gasteiger partial charge is 0.494 e. The predicted octanol–water partition coefficient (Wildman–Crippen LogP) is 4.74. The lowest BCUT2D eigenvalue weighted by Crippen LogP contribution is -2.41. The summed E-state index contributed by atoms with van der Waals surface area (Å²) in [7, 11) is 212. The Morgan fingerprint density at radius 3 is 0.469 bits per heavy atom. The maximum Gasteiger partial charge on any atom is 0.494 e. The molecule has 0 amide bonds. The molecule has 0 aliphatic carbocycles. The van der Waals surface area contributed by atoms with Crippen LogP contribution in [0, 0.1) is 6.92 Å². The van der Waals surface area contributed by atoms with Gasteiger partial charge in [0.05, 0.1) is 23.7 Å². The van der Waals surface area contributed by atoms with E-state index in [1.54, 1.807) is 113 Å². The number of aromatic nitrogens is 1. The van der Waals surface area contributed by atoms with Crippen LogP contribution in [0.25, 0.3) is 22.4 Å². The molecule has 0 atom stereocenters. The molecule has 3 nitrogen and oxygen atoms in total. The molecule has 0 spiro atoms. The number of rotatable bonds is 3. The number of benzene rings is 2. The molecule has 0 N–H and O–H groups in total. The van der Waals surface area contributed by atoms with Crippen molar-refractivity contribution in [2.45, 2.75) is 45.8 Å². The minimum absolute atomic E-state index is 0.161. The highest BCUT2D eigenvalue weighted by atomic mass is 33.6. The van der Waals surface area contributed by atoms with Crippen molar-refractivity contribution in [2.75, 3.05) is 0 Å². The van der Waals surface area contributed by atoms with Gasteiger partial charge in [-0.15, -0.1) is 0 Å². The zero-order valence-electron chi connectivity index (χ0n) is 70.4. The molecule has 0 saturated carbocycles. The number of hydrogen-bond acceptors (Lipinski definition) is 5. The Hall–Kier alpha value is 23.8. The van der Waals surface area contributed by atoms with Crippen molar-refractivity contribution in [3.8, 4) is 22.4 Å². The average molecular weight is 4190 g/mol. The third-order valence-electron chi connectivity index (χ3n) is 8.83. The van der Waals surface area contributed by atoms with E-state index >= 15 is 0 Å². The molecular weight excluding hydrogens is 4160 g/mol. The Bertz CT molecular complexity index is 11100. The third kappa shape index (κ3) is 117. The number of hydrogen-bond donors (Lipinski definition) is 0. The Labute approximate surface area is 1200 Å². The Kier molecular flexibility index (Phi) is 145. The maximum absolute atomic E-state index is 8.22. The van der Waals surface area contributed by atoms with Gasteiger partial charge in [0.1, 0.15) is 0 Å². The lowest BCUT2D eigenvalue weighted by molar-refractivity contribution is 0.00578. The third-order valence-corrected chi connectivity index (χ3v) is 267. The molecule has 1 fully saturated rings. The molecule has 0 unspecified atom stereocenters. The second kappa shape index (κ2) is 137. The van der Waals surface area contributed by atoms with Crippen LogP contribution in [-0.4, -0.2) is 23.3 Å². The van der Waals surface area contributed by atoms with Crippen molar-refractivity contribution in [1.82, 2.24) is 4.98 Å². The first-order valence-electron chi connectivity index (χ1n) is 31.5. The Balaban J connectivity index is 0.00000149. The number of nitrogens with zero attached hydrogens (tertiary/aromatic N) is 1. The van der Waals surface area contributed by atoms with Crippen molar-refractivity contribution in [3.63, 3.8) is 0 Å². The van der Waals surface area contributed by atoms with Crippen LogP contribution in [0.4, 0.5) is 0 Å². The molecule has 3 aromatic rings. The van der Waals surface area contributed by atoms with E-state index in [0.717, 1.165) is 22.3 Å². The van der Waals surface area contributed by atoms with Gasteiger partial charge in [0, 0.05) is 1080 Å². The quantitative estimate of drug-likeness (QED) is 0.355. The van der Waals surface area contributed by atoms with Crippen molar-refractivity contribution < 1.29 is 16.2 Å². The van der Waals surface area contributed by atoms with Gasteiger partial charge in [-0.2, -0.15) is 0 Å². The van der Waals surface area contributed by atoms with Gasteiger partial charge >= 0.3 is 7.12 Å². The van der Waals surface area contributed by atoms with Crippen LogP contribution in [0.15, 0.2) is 66.7 Å². The molecule has 856 valence electrons. The minimum atomic E-state index is -0.440. The van der Waals surface area contributed by atoms with E-state index in [1.807, 2.05) is 980 Å². The van der Waals surface area contributed by atoms with E-state index in [4.69, 9.17) is 38.5 Å². The summed E-state index contributed by atoms with van der Waals surface area (Å²) >= 11 is 9.67.